The van der Waals surface area contributed by atoms with Crippen LogP contribution < -0.4 is 10.6 Å². The molecule has 1 heterocycles. The summed E-state index contributed by atoms with van der Waals surface area (Å²) in [7, 11) is 0. The molecule has 3 atom stereocenters. The van der Waals surface area contributed by atoms with Gasteiger partial charge in [0.05, 0.1) is 6.07 Å². The fourth-order valence-corrected chi connectivity index (χ4v) is 3.67. The van der Waals surface area contributed by atoms with Gasteiger partial charge in [-0.1, -0.05) is 57.7 Å². The van der Waals surface area contributed by atoms with Gasteiger partial charge in [0.2, 0.25) is 0 Å². The molecule has 0 saturated carbocycles. The average molecular weight is 313 g/mol. The predicted octanol–water partition coefficient (Wildman–Crippen LogP) is 4.86. The van der Waals surface area contributed by atoms with Gasteiger partial charge in [0.25, 0.3) is 0 Å². The van der Waals surface area contributed by atoms with Crippen molar-refractivity contribution in [1.82, 2.24) is 5.32 Å². The Balaban J connectivity index is 2.12. The summed E-state index contributed by atoms with van der Waals surface area (Å²) in [6.45, 7) is 4.47. The molecule has 2 N–H and O–H groups in total. The van der Waals surface area contributed by atoms with Crippen LogP contribution in [0.2, 0.25) is 0 Å². The molecular formula is C20H31N3. The molecule has 1 unspecified atom stereocenters. The number of rotatable bonds is 8. The number of unbranched alkanes of at least 4 members (excludes halogenated alkanes) is 2. The van der Waals surface area contributed by atoms with Gasteiger partial charge in [-0.05, 0) is 37.8 Å². The SMILES string of the molecule is CCCC[C@@H]1CC(C#N)(Nc2ccccc2)C[C@H](CCCC)N1. The van der Waals surface area contributed by atoms with Crippen LogP contribution in [0.25, 0.3) is 0 Å². The second-order valence-electron chi connectivity index (χ2n) is 6.94. The van der Waals surface area contributed by atoms with Crippen molar-refractivity contribution in [2.24, 2.45) is 0 Å². The van der Waals surface area contributed by atoms with E-state index in [4.69, 9.17) is 0 Å². The summed E-state index contributed by atoms with van der Waals surface area (Å²) in [6.07, 6.45) is 8.99. The van der Waals surface area contributed by atoms with E-state index in [0.29, 0.717) is 12.1 Å². The summed E-state index contributed by atoms with van der Waals surface area (Å²) in [5.74, 6) is 0. The Kier molecular flexibility index (Phi) is 6.92. The zero-order valence-electron chi connectivity index (χ0n) is 14.6. The van der Waals surface area contributed by atoms with Gasteiger partial charge in [-0.3, -0.25) is 0 Å². The summed E-state index contributed by atoms with van der Waals surface area (Å²) in [5, 5.41) is 17.3. The average Bonchev–Trinajstić information content (AvgIpc) is 2.59. The zero-order valence-corrected chi connectivity index (χ0v) is 14.6. The predicted molar refractivity (Wildman–Crippen MR) is 97.4 cm³/mol. The van der Waals surface area contributed by atoms with Crippen LogP contribution in [0.5, 0.6) is 0 Å². The third-order valence-electron chi connectivity index (χ3n) is 4.84. The van der Waals surface area contributed by atoms with Crippen molar-refractivity contribution in [3.05, 3.63) is 30.3 Å². The Bertz CT molecular complexity index is 475. The van der Waals surface area contributed by atoms with E-state index in [1.54, 1.807) is 0 Å². The Morgan fingerprint density at radius 2 is 1.65 bits per heavy atom. The van der Waals surface area contributed by atoms with E-state index in [1.165, 1.54) is 38.5 Å². The molecule has 23 heavy (non-hydrogen) atoms. The second kappa shape index (κ2) is 8.93. The highest BCUT2D eigenvalue weighted by Gasteiger charge is 2.40. The summed E-state index contributed by atoms with van der Waals surface area (Å²) in [5.41, 5.74) is 0.614. The van der Waals surface area contributed by atoms with Gasteiger partial charge in [0, 0.05) is 17.8 Å². The van der Waals surface area contributed by atoms with Gasteiger partial charge in [0.15, 0.2) is 0 Å². The molecule has 0 spiro atoms. The molecule has 0 amide bonds. The minimum Gasteiger partial charge on any atom is -0.367 e. The van der Waals surface area contributed by atoms with Crippen LogP contribution >= 0.6 is 0 Å². The Hall–Kier alpha value is -1.53. The third kappa shape index (κ3) is 5.25. The first kappa shape index (κ1) is 17.8. The van der Waals surface area contributed by atoms with E-state index in [9.17, 15) is 5.26 Å². The van der Waals surface area contributed by atoms with E-state index in [0.717, 1.165) is 18.5 Å². The number of para-hydroxylation sites is 1. The maximum Gasteiger partial charge on any atom is 0.128 e. The molecule has 1 aromatic carbocycles. The van der Waals surface area contributed by atoms with Crippen molar-refractivity contribution < 1.29 is 0 Å². The van der Waals surface area contributed by atoms with Crippen molar-refractivity contribution >= 4 is 5.69 Å². The lowest BCUT2D eigenvalue weighted by Gasteiger charge is -2.42. The van der Waals surface area contributed by atoms with E-state index in [-0.39, 0.29) is 0 Å². The molecule has 0 aromatic heterocycles. The molecule has 3 heteroatoms. The number of benzene rings is 1. The number of nitrogens with zero attached hydrogens (tertiary/aromatic N) is 1. The lowest BCUT2D eigenvalue weighted by Crippen LogP contribution is -2.56. The van der Waals surface area contributed by atoms with E-state index in [2.05, 4.69) is 42.7 Å². The summed E-state index contributed by atoms with van der Waals surface area (Å²) in [6, 6.07) is 13.7. The number of piperidine rings is 1. The van der Waals surface area contributed by atoms with Crippen LogP contribution in [0.1, 0.15) is 65.2 Å². The van der Waals surface area contributed by atoms with E-state index < -0.39 is 5.54 Å². The lowest BCUT2D eigenvalue weighted by atomic mass is 9.78. The molecule has 0 bridgehead atoms. The van der Waals surface area contributed by atoms with Gasteiger partial charge in [-0.2, -0.15) is 5.26 Å². The molecule has 1 aliphatic rings. The van der Waals surface area contributed by atoms with Crippen molar-refractivity contribution in [3.8, 4) is 6.07 Å². The first-order valence-corrected chi connectivity index (χ1v) is 9.22. The molecule has 1 aliphatic heterocycles. The van der Waals surface area contributed by atoms with Crippen LogP contribution in [-0.2, 0) is 0 Å². The molecule has 3 nitrogen and oxygen atoms in total. The largest absolute Gasteiger partial charge is 0.367 e. The van der Waals surface area contributed by atoms with Crippen LogP contribution in [-0.4, -0.2) is 17.6 Å². The Labute approximate surface area is 141 Å². The standard InChI is InChI=1S/C20H31N3/c1-3-5-10-18-14-20(16-21,15-19(22-18)11-6-4-2)23-17-12-8-7-9-13-17/h7-9,12-13,18-19,22-23H,3-6,10-11,14-15H2,1-2H3/t18-,19+,20?. The van der Waals surface area contributed by atoms with Gasteiger partial charge in [0.1, 0.15) is 5.54 Å². The second-order valence-corrected chi connectivity index (χ2v) is 6.94. The van der Waals surface area contributed by atoms with Gasteiger partial charge in [-0.25, -0.2) is 0 Å². The minimum atomic E-state index is -0.441. The van der Waals surface area contributed by atoms with Gasteiger partial charge < -0.3 is 10.6 Å². The topological polar surface area (TPSA) is 47.9 Å². The van der Waals surface area contributed by atoms with Crippen molar-refractivity contribution in [2.45, 2.75) is 82.8 Å². The molecule has 0 radical (unpaired) electrons. The summed E-state index contributed by atoms with van der Waals surface area (Å²) < 4.78 is 0. The summed E-state index contributed by atoms with van der Waals surface area (Å²) >= 11 is 0. The first-order valence-electron chi connectivity index (χ1n) is 9.22. The number of nitriles is 1. The number of anilines is 1. The molecular weight excluding hydrogens is 282 g/mol. The maximum atomic E-state index is 9.95. The highest BCUT2D eigenvalue weighted by Crippen LogP contribution is 2.32. The van der Waals surface area contributed by atoms with Crippen molar-refractivity contribution in [1.29, 1.82) is 5.26 Å². The Morgan fingerprint density at radius 1 is 1.09 bits per heavy atom. The maximum absolute atomic E-state index is 9.95. The Morgan fingerprint density at radius 3 is 2.13 bits per heavy atom. The number of hydrogen-bond donors (Lipinski definition) is 2. The van der Waals surface area contributed by atoms with Crippen LogP contribution in [0.15, 0.2) is 30.3 Å². The quantitative estimate of drug-likeness (QED) is 0.720. The third-order valence-corrected chi connectivity index (χ3v) is 4.84. The fourth-order valence-electron chi connectivity index (χ4n) is 3.67. The molecule has 1 fully saturated rings. The summed E-state index contributed by atoms with van der Waals surface area (Å²) in [4.78, 5) is 0. The van der Waals surface area contributed by atoms with Crippen LogP contribution in [0, 0.1) is 11.3 Å². The fraction of sp³-hybridized carbons (Fsp3) is 0.650. The first-order chi connectivity index (χ1) is 11.2. The highest BCUT2D eigenvalue weighted by atomic mass is 15.1. The molecule has 1 aromatic rings. The van der Waals surface area contributed by atoms with Gasteiger partial charge >= 0.3 is 0 Å². The highest BCUT2D eigenvalue weighted by molar-refractivity contribution is 5.48. The molecule has 0 aliphatic carbocycles. The lowest BCUT2D eigenvalue weighted by molar-refractivity contribution is 0.238. The van der Waals surface area contributed by atoms with Gasteiger partial charge in [-0.15, -0.1) is 0 Å². The van der Waals surface area contributed by atoms with Crippen LogP contribution in [0.3, 0.4) is 0 Å². The zero-order chi connectivity index (χ0) is 16.5. The van der Waals surface area contributed by atoms with E-state index >= 15 is 0 Å². The monoisotopic (exact) mass is 313 g/mol. The van der Waals surface area contributed by atoms with Crippen molar-refractivity contribution in [2.75, 3.05) is 5.32 Å². The number of hydrogen-bond acceptors (Lipinski definition) is 3. The smallest absolute Gasteiger partial charge is 0.128 e. The van der Waals surface area contributed by atoms with E-state index in [1.807, 2.05) is 18.2 Å². The molecule has 2 rings (SSSR count). The van der Waals surface area contributed by atoms with Crippen LogP contribution in [0.4, 0.5) is 5.69 Å². The molecule has 126 valence electrons. The number of nitrogens with one attached hydrogen (secondary N) is 2. The molecule has 1 saturated heterocycles. The van der Waals surface area contributed by atoms with Crippen molar-refractivity contribution in [3.63, 3.8) is 0 Å². The minimum absolute atomic E-state index is 0.441. The normalized spacial score (nSPS) is 27.3.